The van der Waals surface area contributed by atoms with Crippen LogP contribution in [0, 0.1) is 0 Å². The van der Waals surface area contributed by atoms with Crippen molar-refractivity contribution in [2.75, 3.05) is 13.6 Å². The Labute approximate surface area is 126 Å². The molecule has 1 N–H and O–H groups in total. The van der Waals surface area contributed by atoms with Gasteiger partial charge in [0.2, 0.25) is 5.89 Å². The summed E-state index contributed by atoms with van der Waals surface area (Å²) < 4.78 is 6.89. The van der Waals surface area contributed by atoms with Crippen molar-refractivity contribution in [1.29, 1.82) is 0 Å². The van der Waals surface area contributed by atoms with Crippen LogP contribution in [-0.2, 0) is 6.42 Å². The van der Waals surface area contributed by atoms with Gasteiger partial charge in [0.1, 0.15) is 5.52 Å². The molecule has 0 aliphatic rings. The van der Waals surface area contributed by atoms with Crippen molar-refractivity contribution in [3.63, 3.8) is 0 Å². The molecular formula is C16H15BrN2O. The number of nitrogens with zero attached hydrogens (tertiary/aromatic N) is 1. The highest BCUT2D eigenvalue weighted by molar-refractivity contribution is 9.10. The van der Waals surface area contributed by atoms with Gasteiger partial charge in [-0.15, -0.1) is 0 Å². The predicted octanol–water partition coefficient (Wildman–Crippen LogP) is 4.02. The molecule has 3 nitrogen and oxygen atoms in total. The smallest absolute Gasteiger partial charge is 0.227 e. The fourth-order valence-corrected chi connectivity index (χ4v) is 2.57. The molecule has 102 valence electrons. The number of hydrogen-bond donors (Lipinski definition) is 1. The predicted molar refractivity (Wildman–Crippen MR) is 84.8 cm³/mol. The lowest BCUT2D eigenvalue weighted by atomic mass is 10.0. The molecule has 1 heterocycles. The van der Waals surface area contributed by atoms with E-state index in [0.717, 1.165) is 34.1 Å². The fourth-order valence-electron chi connectivity index (χ4n) is 2.22. The van der Waals surface area contributed by atoms with Gasteiger partial charge in [0, 0.05) is 10.0 Å². The number of halogens is 1. The van der Waals surface area contributed by atoms with Gasteiger partial charge in [-0.3, -0.25) is 0 Å². The molecule has 0 amide bonds. The van der Waals surface area contributed by atoms with Crippen molar-refractivity contribution in [2.24, 2.45) is 0 Å². The molecule has 0 aliphatic carbocycles. The maximum Gasteiger partial charge on any atom is 0.227 e. The molecular weight excluding hydrogens is 316 g/mol. The number of hydrogen-bond acceptors (Lipinski definition) is 3. The maximum atomic E-state index is 5.88. The molecule has 2 aromatic carbocycles. The van der Waals surface area contributed by atoms with E-state index >= 15 is 0 Å². The van der Waals surface area contributed by atoms with Gasteiger partial charge in [-0.05, 0) is 49.8 Å². The summed E-state index contributed by atoms with van der Waals surface area (Å²) in [6.45, 7) is 0.933. The number of oxazole rings is 1. The molecule has 4 heteroatoms. The average molecular weight is 331 g/mol. The quantitative estimate of drug-likeness (QED) is 0.785. The first-order chi connectivity index (χ1) is 9.78. The van der Waals surface area contributed by atoms with E-state index in [-0.39, 0.29) is 0 Å². The summed E-state index contributed by atoms with van der Waals surface area (Å²) in [5.74, 6) is 0.685. The second kappa shape index (κ2) is 5.77. The normalized spacial score (nSPS) is 11.1. The molecule has 0 radical (unpaired) electrons. The molecule has 1 aromatic heterocycles. The summed E-state index contributed by atoms with van der Waals surface area (Å²) in [7, 11) is 1.96. The van der Waals surface area contributed by atoms with Crippen molar-refractivity contribution in [1.82, 2.24) is 10.3 Å². The maximum absolute atomic E-state index is 5.88. The zero-order valence-electron chi connectivity index (χ0n) is 11.2. The lowest BCUT2D eigenvalue weighted by molar-refractivity contribution is 0.618. The van der Waals surface area contributed by atoms with E-state index < -0.39 is 0 Å². The van der Waals surface area contributed by atoms with Crippen molar-refractivity contribution in [3.8, 4) is 11.5 Å². The Kier molecular flexibility index (Phi) is 3.85. The minimum absolute atomic E-state index is 0.685. The van der Waals surface area contributed by atoms with Crippen LogP contribution in [-0.4, -0.2) is 18.6 Å². The van der Waals surface area contributed by atoms with Crippen LogP contribution in [0.15, 0.2) is 51.4 Å². The zero-order valence-corrected chi connectivity index (χ0v) is 12.8. The lowest BCUT2D eigenvalue weighted by Crippen LogP contribution is -2.10. The van der Waals surface area contributed by atoms with Crippen LogP contribution in [0.4, 0.5) is 0 Å². The molecule has 0 saturated carbocycles. The first-order valence-corrected chi connectivity index (χ1v) is 7.36. The molecule has 0 unspecified atom stereocenters. The van der Waals surface area contributed by atoms with Gasteiger partial charge < -0.3 is 9.73 Å². The summed E-state index contributed by atoms with van der Waals surface area (Å²) in [5, 5.41) is 3.17. The van der Waals surface area contributed by atoms with Gasteiger partial charge >= 0.3 is 0 Å². The minimum atomic E-state index is 0.685. The third kappa shape index (κ3) is 2.62. The second-order valence-corrected chi connectivity index (χ2v) is 5.56. The average Bonchev–Trinajstić information content (AvgIpc) is 2.88. The van der Waals surface area contributed by atoms with Crippen LogP contribution in [0.1, 0.15) is 5.56 Å². The van der Waals surface area contributed by atoms with Crippen molar-refractivity contribution in [3.05, 3.63) is 52.5 Å². The molecule has 0 bridgehead atoms. The first-order valence-electron chi connectivity index (χ1n) is 6.57. The Hall–Kier alpha value is -1.65. The molecule has 0 saturated heterocycles. The van der Waals surface area contributed by atoms with Crippen molar-refractivity contribution >= 4 is 27.0 Å². The number of nitrogens with one attached hydrogen (secondary N) is 1. The molecule has 0 fully saturated rings. The fraction of sp³-hybridized carbons (Fsp3) is 0.188. The molecule has 3 rings (SSSR count). The highest BCUT2D eigenvalue weighted by atomic mass is 79.9. The van der Waals surface area contributed by atoms with Crippen LogP contribution >= 0.6 is 15.9 Å². The third-order valence-corrected chi connectivity index (χ3v) is 3.73. The van der Waals surface area contributed by atoms with Gasteiger partial charge in [0.15, 0.2) is 5.58 Å². The highest BCUT2D eigenvalue weighted by Crippen LogP contribution is 2.28. The largest absolute Gasteiger partial charge is 0.436 e. The summed E-state index contributed by atoms with van der Waals surface area (Å²) in [6, 6.07) is 14.1. The van der Waals surface area contributed by atoms with E-state index in [1.165, 1.54) is 5.56 Å². The van der Waals surface area contributed by atoms with Gasteiger partial charge in [-0.25, -0.2) is 4.98 Å². The van der Waals surface area contributed by atoms with E-state index in [2.05, 4.69) is 38.4 Å². The van der Waals surface area contributed by atoms with E-state index in [0.29, 0.717) is 5.89 Å². The van der Waals surface area contributed by atoms with Crippen molar-refractivity contribution in [2.45, 2.75) is 6.42 Å². The number of rotatable bonds is 4. The topological polar surface area (TPSA) is 38.1 Å². The summed E-state index contributed by atoms with van der Waals surface area (Å²) in [5.41, 5.74) is 3.99. The molecule has 3 aromatic rings. The Bertz CT molecular complexity index is 736. The van der Waals surface area contributed by atoms with Crippen LogP contribution in [0.3, 0.4) is 0 Å². The van der Waals surface area contributed by atoms with Gasteiger partial charge in [0.25, 0.3) is 0 Å². The Balaban J connectivity index is 2.06. The molecule has 0 spiro atoms. The van der Waals surface area contributed by atoms with Crippen LogP contribution < -0.4 is 5.32 Å². The number of likely N-dealkylation sites (N-methyl/N-ethyl adjacent to an activating group) is 1. The zero-order chi connectivity index (χ0) is 13.9. The standard InChI is InChI=1S/C16H15BrN2O/c1-18-9-8-11-4-2-3-5-13(11)16-19-14-10-12(17)6-7-15(14)20-16/h2-7,10,18H,8-9H2,1H3. The van der Waals surface area contributed by atoms with Gasteiger partial charge in [-0.1, -0.05) is 34.1 Å². The summed E-state index contributed by atoms with van der Waals surface area (Å²) in [6.07, 6.45) is 0.953. The molecule has 0 atom stereocenters. The lowest BCUT2D eigenvalue weighted by Gasteiger charge is -2.05. The first kappa shape index (κ1) is 13.3. The van der Waals surface area contributed by atoms with Gasteiger partial charge in [0.05, 0.1) is 0 Å². The van der Waals surface area contributed by atoms with Crippen LogP contribution in [0.2, 0.25) is 0 Å². The monoisotopic (exact) mass is 330 g/mol. The number of fused-ring (bicyclic) bond motifs is 1. The van der Waals surface area contributed by atoms with Crippen LogP contribution in [0.5, 0.6) is 0 Å². The summed E-state index contributed by atoms with van der Waals surface area (Å²) in [4.78, 5) is 4.60. The Morgan fingerprint density at radius 3 is 2.90 bits per heavy atom. The third-order valence-electron chi connectivity index (χ3n) is 3.24. The number of benzene rings is 2. The van der Waals surface area contributed by atoms with Crippen LogP contribution in [0.25, 0.3) is 22.6 Å². The van der Waals surface area contributed by atoms with Gasteiger partial charge in [-0.2, -0.15) is 0 Å². The Morgan fingerprint density at radius 2 is 2.05 bits per heavy atom. The second-order valence-electron chi connectivity index (χ2n) is 4.64. The van der Waals surface area contributed by atoms with E-state index in [4.69, 9.17) is 4.42 Å². The SMILES string of the molecule is CNCCc1ccccc1-c1nc2cc(Br)ccc2o1. The minimum Gasteiger partial charge on any atom is -0.436 e. The van der Waals surface area contributed by atoms with E-state index in [1.807, 2.05) is 37.4 Å². The van der Waals surface area contributed by atoms with E-state index in [1.54, 1.807) is 0 Å². The molecule has 20 heavy (non-hydrogen) atoms. The van der Waals surface area contributed by atoms with E-state index in [9.17, 15) is 0 Å². The molecule has 0 aliphatic heterocycles. The summed E-state index contributed by atoms with van der Waals surface area (Å²) >= 11 is 3.46. The highest BCUT2D eigenvalue weighted by Gasteiger charge is 2.11. The van der Waals surface area contributed by atoms with Crippen molar-refractivity contribution < 1.29 is 4.42 Å². The Morgan fingerprint density at radius 1 is 1.20 bits per heavy atom. The number of aromatic nitrogens is 1.